The summed E-state index contributed by atoms with van der Waals surface area (Å²) in [6.07, 6.45) is 6.59. The molecule has 0 radical (unpaired) electrons. The van der Waals surface area contributed by atoms with E-state index in [4.69, 9.17) is 54.5 Å². The highest BCUT2D eigenvalue weighted by Gasteiger charge is 2.21. The van der Waals surface area contributed by atoms with Crippen LogP contribution in [0.4, 0.5) is 5.69 Å². The lowest BCUT2D eigenvalue weighted by Crippen LogP contribution is -2.28. The van der Waals surface area contributed by atoms with E-state index in [1.165, 1.54) is 38.8 Å². The number of carbonyl (C=O) groups is 5. The second-order valence-corrected chi connectivity index (χ2v) is 9.83. The molecular weight excluding hydrogens is 588 g/mol. The molecule has 45 heavy (non-hydrogen) atoms. The van der Waals surface area contributed by atoms with Crippen LogP contribution in [-0.2, 0) is 25.6 Å². The fourth-order valence-electron chi connectivity index (χ4n) is 4.09. The van der Waals surface area contributed by atoms with Crippen LogP contribution >= 0.6 is 0 Å². The molecule has 0 aliphatic heterocycles. The molecule has 6 N–H and O–H groups in total. The Morgan fingerprint density at radius 1 is 0.756 bits per heavy atom. The number of hydrogen-bond donors (Lipinski definition) is 5. The van der Waals surface area contributed by atoms with Gasteiger partial charge in [0.25, 0.3) is 0 Å². The molecule has 0 aliphatic carbocycles. The van der Waals surface area contributed by atoms with Gasteiger partial charge in [-0.05, 0) is 74.8 Å². The molecule has 0 fully saturated rings. The first kappa shape index (κ1) is 38.1. The maximum atomic E-state index is 13.3. The monoisotopic (exact) mass is 630 g/mol. The topological polar surface area (TPSA) is 218 Å². The van der Waals surface area contributed by atoms with E-state index in [0.717, 1.165) is 24.1 Å². The molecule has 0 saturated carbocycles. The van der Waals surface area contributed by atoms with Gasteiger partial charge in [-0.25, -0.2) is 19.2 Å². The van der Waals surface area contributed by atoms with Crippen molar-refractivity contribution in [3.8, 4) is 5.75 Å². The molecule has 0 spiro atoms. The number of benzene rings is 2. The summed E-state index contributed by atoms with van der Waals surface area (Å²) in [6.45, 7) is 10.5. The summed E-state index contributed by atoms with van der Waals surface area (Å²) >= 11 is 0. The van der Waals surface area contributed by atoms with Gasteiger partial charge in [-0.2, -0.15) is 0 Å². The predicted molar refractivity (Wildman–Crippen MR) is 167 cm³/mol. The van der Waals surface area contributed by atoms with E-state index in [9.17, 15) is 4.79 Å². The van der Waals surface area contributed by atoms with Gasteiger partial charge in [0.15, 0.2) is 5.78 Å². The van der Waals surface area contributed by atoms with Crippen molar-refractivity contribution in [1.82, 2.24) is 4.90 Å². The van der Waals surface area contributed by atoms with Crippen molar-refractivity contribution in [3.63, 3.8) is 0 Å². The van der Waals surface area contributed by atoms with Crippen molar-refractivity contribution < 1.29 is 53.6 Å². The summed E-state index contributed by atoms with van der Waals surface area (Å²) in [5.41, 5.74) is 8.48. The fraction of sp³-hybridized carbons (Fsp3) is 0.406. The number of aliphatic carboxylic acids is 4. The van der Waals surface area contributed by atoms with Gasteiger partial charge >= 0.3 is 23.9 Å². The molecule has 2 aromatic carbocycles. The number of ether oxygens (including phenoxy) is 1. The van der Waals surface area contributed by atoms with Crippen LogP contribution in [0.3, 0.4) is 0 Å². The van der Waals surface area contributed by atoms with Gasteiger partial charge in [0.2, 0.25) is 0 Å². The number of anilines is 1. The number of nitrogens with two attached hydrogens (primary N) is 1. The second-order valence-electron chi connectivity index (χ2n) is 9.83. The van der Waals surface area contributed by atoms with Crippen molar-refractivity contribution in [3.05, 3.63) is 59.4 Å². The van der Waals surface area contributed by atoms with E-state index in [-0.39, 0.29) is 5.78 Å². The van der Waals surface area contributed by atoms with Crippen LogP contribution in [0.25, 0.3) is 11.0 Å². The van der Waals surface area contributed by atoms with Gasteiger partial charge in [0.1, 0.15) is 17.1 Å². The van der Waals surface area contributed by atoms with Crippen LogP contribution in [0.15, 0.2) is 46.9 Å². The van der Waals surface area contributed by atoms with E-state index in [1.54, 1.807) is 6.07 Å². The number of nitrogen functional groups attached to an aromatic ring is 1. The Kier molecular flexibility index (Phi) is 17.0. The van der Waals surface area contributed by atoms with Crippen molar-refractivity contribution >= 4 is 46.3 Å². The van der Waals surface area contributed by atoms with Crippen LogP contribution in [0.1, 0.15) is 74.6 Å². The summed E-state index contributed by atoms with van der Waals surface area (Å²) in [4.78, 5) is 52.2. The van der Waals surface area contributed by atoms with Crippen molar-refractivity contribution in [2.45, 2.75) is 59.3 Å². The SMILES string of the molecule is CCCCN(CCCC)CCCOc1ccc(C(=O)c2c(CC)oc3ccc(N)cc23)cc1.O=C(O)C(=O)O.O=C(O)C(=O)O. The summed E-state index contributed by atoms with van der Waals surface area (Å²) in [5.74, 6) is -5.87. The molecule has 13 heteroatoms. The van der Waals surface area contributed by atoms with Gasteiger partial charge in [-0.3, -0.25) is 4.79 Å². The summed E-state index contributed by atoms with van der Waals surface area (Å²) in [5, 5.41) is 30.3. The van der Waals surface area contributed by atoms with Gasteiger partial charge in [0.05, 0.1) is 12.2 Å². The number of unbranched alkanes of at least 4 members (excludes halogenated alkanes) is 2. The third-order valence-corrected chi connectivity index (χ3v) is 6.36. The van der Waals surface area contributed by atoms with E-state index in [2.05, 4.69) is 18.7 Å². The zero-order chi connectivity index (χ0) is 33.9. The van der Waals surface area contributed by atoms with Crippen LogP contribution in [0, 0.1) is 0 Å². The Morgan fingerprint density at radius 3 is 1.73 bits per heavy atom. The van der Waals surface area contributed by atoms with E-state index in [1.807, 2.05) is 43.3 Å². The number of hydrogen-bond acceptors (Lipinski definition) is 9. The maximum absolute atomic E-state index is 13.3. The van der Waals surface area contributed by atoms with E-state index in [0.29, 0.717) is 41.2 Å². The van der Waals surface area contributed by atoms with Gasteiger partial charge in [0, 0.05) is 29.6 Å². The van der Waals surface area contributed by atoms with Gasteiger partial charge < -0.3 is 40.2 Å². The summed E-state index contributed by atoms with van der Waals surface area (Å²) in [6, 6.07) is 12.8. The molecule has 0 bridgehead atoms. The van der Waals surface area contributed by atoms with Crippen LogP contribution in [0.5, 0.6) is 5.75 Å². The minimum Gasteiger partial charge on any atom is -0.494 e. The summed E-state index contributed by atoms with van der Waals surface area (Å²) in [7, 11) is 0. The molecule has 1 heterocycles. The van der Waals surface area contributed by atoms with Crippen LogP contribution < -0.4 is 10.5 Å². The van der Waals surface area contributed by atoms with Gasteiger partial charge in [-0.1, -0.05) is 33.6 Å². The lowest BCUT2D eigenvalue weighted by molar-refractivity contribution is -0.159. The van der Waals surface area contributed by atoms with Crippen LogP contribution in [0.2, 0.25) is 0 Å². The summed E-state index contributed by atoms with van der Waals surface area (Å²) < 4.78 is 11.8. The fourth-order valence-corrected chi connectivity index (χ4v) is 4.09. The second kappa shape index (κ2) is 20.1. The van der Waals surface area contributed by atoms with Crippen LogP contribution in [-0.4, -0.2) is 81.2 Å². The van der Waals surface area contributed by atoms with Gasteiger partial charge in [-0.15, -0.1) is 0 Å². The first-order valence-corrected chi connectivity index (χ1v) is 14.6. The molecule has 0 atom stereocenters. The Morgan fingerprint density at radius 2 is 1.27 bits per heavy atom. The first-order chi connectivity index (χ1) is 21.4. The Balaban J connectivity index is 0.000000714. The number of fused-ring (bicyclic) bond motifs is 1. The quantitative estimate of drug-likeness (QED) is 0.0701. The zero-order valence-corrected chi connectivity index (χ0v) is 25.8. The number of carbonyl (C=O) groups excluding carboxylic acids is 1. The van der Waals surface area contributed by atoms with Crippen molar-refractivity contribution in [2.75, 3.05) is 32.0 Å². The third-order valence-electron chi connectivity index (χ3n) is 6.36. The average molecular weight is 631 g/mol. The molecule has 3 rings (SSSR count). The number of carboxylic acid groups (broad SMARTS) is 4. The predicted octanol–water partition coefficient (Wildman–Crippen LogP) is 4.79. The third kappa shape index (κ3) is 13.5. The number of aryl methyl sites for hydroxylation is 1. The Hall–Kier alpha value is -4.91. The number of furan rings is 1. The molecule has 0 aliphatic rings. The maximum Gasteiger partial charge on any atom is 0.414 e. The lowest BCUT2D eigenvalue weighted by atomic mass is 9.99. The number of rotatable bonds is 14. The largest absolute Gasteiger partial charge is 0.494 e. The number of carboxylic acids is 4. The van der Waals surface area contributed by atoms with Crippen molar-refractivity contribution in [2.24, 2.45) is 0 Å². The standard InChI is InChI=1S/C28H38N2O3.2C2H2O4/c1-4-7-16-30(17-8-5-2)18-9-19-32-23-13-10-21(11-14-23)28(31)27-24-20-22(29)12-15-26(24)33-25(27)6-3;2*3-1(4)2(5)6/h10-15,20H,4-9,16-19,29H2,1-3H3;2*(H,3,4)(H,5,6). The first-order valence-electron chi connectivity index (χ1n) is 14.6. The van der Waals surface area contributed by atoms with E-state index >= 15 is 0 Å². The minimum atomic E-state index is -1.82. The smallest absolute Gasteiger partial charge is 0.414 e. The highest BCUT2D eigenvalue weighted by Crippen LogP contribution is 2.30. The molecule has 0 unspecified atom stereocenters. The highest BCUT2D eigenvalue weighted by molar-refractivity contribution is 6.27. The molecule has 0 amide bonds. The number of nitrogens with zero attached hydrogens (tertiary/aromatic N) is 1. The Bertz CT molecular complexity index is 1360. The highest BCUT2D eigenvalue weighted by atomic mass is 16.5. The molecule has 0 saturated heterocycles. The van der Waals surface area contributed by atoms with Crippen molar-refractivity contribution in [1.29, 1.82) is 0 Å². The average Bonchev–Trinajstić information content (AvgIpc) is 3.38. The molecular formula is C32H42N2O11. The minimum absolute atomic E-state index is 0.0507. The zero-order valence-electron chi connectivity index (χ0n) is 25.8. The van der Waals surface area contributed by atoms with E-state index < -0.39 is 23.9 Å². The molecule has 246 valence electrons. The molecule has 13 nitrogen and oxygen atoms in total. The molecule has 3 aromatic rings. The molecule has 1 aromatic heterocycles. The lowest BCUT2D eigenvalue weighted by Gasteiger charge is -2.21. The Labute approximate surface area is 261 Å². The normalized spacial score (nSPS) is 10.3. The number of ketones is 1.